The maximum Gasteiger partial charge on any atom is 0.245 e. The van der Waals surface area contributed by atoms with E-state index in [1.54, 1.807) is 0 Å². The summed E-state index contributed by atoms with van der Waals surface area (Å²) in [4.78, 5) is 27.2. The number of hydrogen-bond acceptors (Lipinski definition) is 2. The normalized spacial score (nSPS) is 31.1. The van der Waals surface area contributed by atoms with E-state index in [4.69, 9.17) is 0 Å². The smallest absolute Gasteiger partial charge is 0.245 e. The maximum absolute atomic E-state index is 13.1. The maximum atomic E-state index is 13.1. The Hall–Kier alpha value is -1.06. The van der Waals surface area contributed by atoms with E-state index in [2.05, 4.69) is 17.1 Å². The molecule has 3 aliphatic rings. The van der Waals surface area contributed by atoms with E-state index in [-0.39, 0.29) is 23.4 Å². The Kier molecular flexibility index (Phi) is 4.23. The first-order chi connectivity index (χ1) is 10.1. The molecule has 0 spiro atoms. The second-order valence-electron chi connectivity index (χ2n) is 7.39. The second-order valence-corrected chi connectivity index (χ2v) is 7.39. The summed E-state index contributed by atoms with van der Waals surface area (Å²) in [5, 5.41) is 3.04. The summed E-state index contributed by atoms with van der Waals surface area (Å²) < 4.78 is 0. The van der Waals surface area contributed by atoms with Crippen LogP contribution >= 0.6 is 0 Å². The molecule has 0 aromatic heterocycles. The minimum absolute atomic E-state index is 0.0176. The van der Waals surface area contributed by atoms with Gasteiger partial charge < -0.3 is 10.2 Å². The van der Waals surface area contributed by atoms with Crippen molar-refractivity contribution < 1.29 is 9.59 Å². The van der Waals surface area contributed by atoms with E-state index in [1.807, 2.05) is 0 Å². The number of nitrogens with one attached hydrogen (secondary N) is 1. The van der Waals surface area contributed by atoms with Crippen molar-refractivity contribution in [1.82, 2.24) is 10.2 Å². The minimum Gasteiger partial charge on any atom is -0.344 e. The van der Waals surface area contributed by atoms with Gasteiger partial charge in [0.1, 0.15) is 6.04 Å². The summed E-state index contributed by atoms with van der Waals surface area (Å²) in [7, 11) is 0. The summed E-state index contributed by atoms with van der Waals surface area (Å²) in [5.74, 6) is 0.598. The molecule has 4 heteroatoms. The average Bonchev–Trinajstić information content (AvgIpc) is 2.86. The largest absolute Gasteiger partial charge is 0.344 e. The molecular weight excluding hydrogens is 264 g/mol. The van der Waals surface area contributed by atoms with Gasteiger partial charge in [0.05, 0.1) is 0 Å². The Bertz CT molecular complexity index is 409. The monoisotopic (exact) mass is 292 g/mol. The molecule has 4 nitrogen and oxygen atoms in total. The zero-order valence-corrected chi connectivity index (χ0v) is 13.2. The third kappa shape index (κ3) is 2.95. The fraction of sp³-hybridized carbons (Fsp3) is 0.882. The van der Waals surface area contributed by atoms with Gasteiger partial charge in [0, 0.05) is 18.5 Å². The van der Waals surface area contributed by atoms with Crippen molar-refractivity contribution in [2.24, 2.45) is 5.92 Å². The number of hydrogen-bond donors (Lipinski definition) is 1. The van der Waals surface area contributed by atoms with Crippen LogP contribution in [0, 0.1) is 5.92 Å². The number of rotatable bonds is 2. The second kappa shape index (κ2) is 5.98. The molecule has 1 heterocycles. The van der Waals surface area contributed by atoms with Gasteiger partial charge in [-0.3, -0.25) is 9.59 Å². The lowest BCUT2D eigenvalue weighted by Crippen LogP contribution is -2.55. The Morgan fingerprint density at radius 1 is 1.05 bits per heavy atom. The van der Waals surface area contributed by atoms with E-state index in [0.29, 0.717) is 18.9 Å². The van der Waals surface area contributed by atoms with Gasteiger partial charge in [-0.1, -0.05) is 32.1 Å². The zero-order valence-electron chi connectivity index (χ0n) is 13.2. The van der Waals surface area contributed by atoms with Gasteiger partial charge in [0.15, 0.2) is 0 Å². The zero-order chi connectivity index (χ0) is 14.9. The van der Waals surface area contributed by atoms with Crippen molar-refractivity contribution >= 4 is 11.8 Å². The van der Waals surface area contributed by atoms with Gasteiger partial charge in [-0.05, 0) is 38.5 Å². The van der Waals surface area contributed by atoms with Crippen LogP contribution in [0.25, 0.3) is 0 Å². The van der Waals surface area contributed by atoms with E-state index < -0.39 is 0 Å². The molecule has 2 saturated carbocycles. The molecule has 1 atom stereocenters. The van der Waals surface area contributed by atoms with Crippen LogP contribution in [0.2, 0.25) is 0 Å². The summed E-state index contributed by atoms with van der Waals surface area (Å²) >= 11 is 0. The van der Waals surface area contributed by atoms with Crippen LogP contribution in [0.15, 0.2) is 0 Å². The molecule has 21 heavy (non-hydrogen) atoms. The van der Waals surface area contributed by atoms with Crippen molar-refractivity contribution in [3.63, 3.8) is 0 Å². The molecule has 1 aliphatic heterocycles. The number of carbonyl (C=O) groups is 2. The first-order valence-corrected chi connectivity index (χ1v) is 8.71. The van der Waals surface area contributed by atoms with Crippen LogP contribution in [0.3, 0.4) is 0 Å². The highest BCUT2D eigenvalue weighted by Gasteiger charge is 2.44. The van der Waals surface area contributed by atoms with Gasteiger partial charge in [-0.15, -0.1) is 0 Å². The van der Waals surface area contributed by atoms with Crippen molar-refractivity contribution in [3.05, 3.63) is 0 Å². The molecule has 1 unspecified atom stereocenters. The highest BCUT2D eigenvalue weighted by molar-refractivity contribution is 5.90. The molecule has 3 fully saturated rings. The van der Waals surface area contributed by atoms with Crippen LogP contribution in [-0.4, -0.2) is 34.8 Å². The van der Waals surface area contributed by atoms with Crippen LogP contribution in [0.5, 0.6) is 0 Å². The summed E-state index contributed by atoms with van der Waals surface area (Å²) in [6, 6.07) is -0.266. The SMILES string of the molecule is CC1(N2CCC(=O)NC(C3CCCCC3)C2=O)CCCC1. The standard InChI is InChI=1S/C17H28N2O2/c1-17(10-5-6-11-17)19-12-9-14(20)18-15(16(19)21)13-7-3-2-4-8-13/h13,15H,2-12H2,1H3,(H,18,20). The Morgan fingerprint density at radius 2 is 1.71 bits per heavy atom. The predicted molar refractivity (Wildman–Crippen MR) is 81.7 cm³/mol. The first-order valence-electron chi connectivity index (χ1n) is 8.71. The lowest BCUT2D eigenvalue weighted by Gasteiger charge is -2.40. The number of nitrogens with zero attached hydrogens (tertiary/aromatic N) is 1. The van der Waals surface area contributed by atoms with Crippen molar-refractivity contribution in [1.29, 1.82) is 0 Å². The molecule has 0 aromatic rings. The molecule has 2 amide bonds. The highest BCUT2D eigenvalue weighted by atomic mass is 16.2. The fourth-order valence-corrected chi connectivity index (χ4v) is 4.53. The molecule has 118 valence electrons. The fourth-order valence-electron chi connectivity index (χ4n) is 4.53. The molecule has 2 aliphatic carbocycles. The molecule has 1 saturated heterocycles. The van der Waals surface area contributed by atoms with Gasteiger partial charge in [0.25, 0.3) is 0 Å². The van der Waals surface area contributed by atoms with Crippen LogP contribution in [0.1, 0.15) is 71.1 Å². The third-order valence-electron chi connectivity index (χ3n) is 5.86. The summed E-state index contributed by atoms with van der Waals surface area (Å²) in [6.45, 7) is 2.82. The Balaban J connectivity index is 1.81. The van der Waals surface area contributed by atoms with Crippen molar-refractivity contribution in [2.45, 2.75) is 82.7 Å². The lowest BCUT2D eigenvalue weighted by atomic mass is 9.82. The quantitative estimate of drug-likeness (QED) is 0.850. The van der Waals surface area contributed by atoms with E-state index >= 15 is 0 Å². The molecular formula is C17H28N2O2. The van der Waals surface area contributed by atoms with E-state index in [0.717, 1.165) is 25.7 Å². The topological polar surface area (TPSA) is 49.4 Å². The van der Waals surface area contributed by atoms with Gasteiger partial charge in [0.2, 0.25) is 11.8 Å². The summed E-state index contributed by atoms with van der Waals surface area (Å²) in [6.07, 6.45) is 10.9. The Labute approximate surface area is 127 Å². The number of carbonyl (C=O) groups excluding carboxylic acids is 2. The molecule has 0 aromatic carbocycles. The Morgan fingerprint density at radius 3 is 2.38 bits per heavy atom. The van der Waals surface area contributed by atoms with Gasteiger partial charge >= 0.3 is 0 Å². The molecule has 0 bridgehead atoms. The van der Waals surface area contributed by atoms with Crippen LogP contribution < -0.4 is 5.32 Å². The van der Waals surface area contributed by atoms with Crippen LogP contribution in [0.4, 0.5) is 0 Å². The summed E-state index contributed by atoms with van der Waals surface area (Å²) in [5.41, 5.74) is -0.0176. The average molecular weight is 292 g/mol. The van der Waals surface area contributed by atoms with E-state index in [1.165, 1.54) is 32.1 Å². The van der Waals surface area contributed by atoms with Gasteiger partial charge in [-0.2, -0.15) is 0 Å². The van der Waals surface area contributed by atoms with Crippen molar-refractivity contribution in [2.75, 3.05) is 6.54 Å². The van der Waals surface area contributed by atoms with Crippen LogP contribution in [-0.2, 0) is 9.59 Å². The highest BCUT2D eigenvalue weighted by Crippen LogP contribution is 2.37. The molecule has 1 N–H and O–H groups in total. The third-order valence-corrected chi connectivity index (χ3v) is 5.86. The minimum atomic E-state index is -0.266. The first kappa shape index (κ1) is 14.9. The predicted octanol–water partition coefficient (Wildman–Crippen LogP) is 2.62. The molecule has 0 radical (unpaired) electrons. The number of amides is 2. The lowest BCUT2D eigenvalue weighted by molar-refractivity contribution is -0.140. The van der Waals surface area contributed by atoms with E-state index in [9.17, 15) is 9.59 Å². The van der Waals surface area contributed by atoms with Gasteiger partial charge in [-0.25, -0.2) is 0 Å². The van der Waals surface area contributed by atoms with Crippen molar-refractivity contribution in [3.8, 4) is 0 Å². The molecule has 3 rings (SSSR count).